The minimum atomic E-state index is -4.41. The summed E-state index contributed by atoms with van der Waals surface area (Å²) in [7, 11) is 0. The topological polar surface area (TPSA) is 50.2 Å². The van der Waals surface area contributed by atoms with Crippen LogP contribution in [0.4, 0.5) is 13.2 Å². The number of hydrogen-bond acceptors (Lipinski definition) is 2. The van der Waals surface area contributed by atoms with Gasteiger partial charge >= 0.3 is 12.1 Å². The van der Waals surface area contributed by atoms with Crippen molar-refractivity contribution in [3.05, 3.63) is 35.7 Å². The Balaban J connectivity index is 2.22. The van der Waals surface area contributed by atoms with Crippen LogP contribution >= 0.6 is 0 Å². The summed E-state index contributed by atoms with van der Waals surface area (Å²) in [5, 5.41) is 8.72. The van der Waals surface area contributed by atoms with Crippen LogP contribution in [0.1, 0.15) is 36.8 Å². The van der Waals surface area contributed by atoms with Crippen molar-refractivity contribution >= 4 is 11.5 Å². The lowest BCUT2D eigenvalue weighted by atomic mass is 9.84. The Hall–Kier alpha value is -1.85. The van der Waals surface area contributed by atoms with Crippen LogP contribution in [0.5, 0.6) is 0 Å². The number of carboxylic acid groups (broad SMARTS) is 1. The minimum Gasteiger partial charge on any atom is -0.481 e. The normalized spacial score (nSPS) is 19.6. The first-order chi connectivity index (χ1) is 9.38. The van der Waals surface area contributed by atoms with Gasteiger partial charge in [-0.25, -0.2) is 0 Å². The van der Waals surface area contributed by atoms with Crippen LogP contribution < -0.4 is 0 Å². The smallest absolute Gasteiger partial charge is 0.417 e. The molecule has 0 fully saturated rings. The van der Waals surface area contributed by atoms with E-state index in [1.165, 1.54) is 6.20 Å². The number of aromatic nitrogens is 1. The quantitative estimate of drug-likeness (QED) is 0.920. The molecule has 0 saturated carbocycles. The largest absolute Gasteiger partial charge is 0.481 e. The molecule has 1 heterocycles. The molecule has 108 valence electrons. The minimum absolute atomic E-state index is 0.00209. The Labute approximate surface area is 114 Å². The van der Waals surface area contributed by atoms with Gasteiger partial charge in [0.05, 0.1) is 5.56 Å². The van der Waals surface area contributed by atoms with E-state index in [-0.39, 0.29) is 17.9 Å². The predicted octanol–water partition coefficient (Wildman–Crippen LogP) is 3.76. The van der Waals surface area contributed by atoms with Gasteiger partial charge in [-0.3, -0.25) is 9.78 Å². The Bertz CT molecular complexity index is 537. The number of carbonyl (C=O) groups is 1. The van der Waals surface area contributed by atoms with Gasteiger partial charge in [-0.05, 0) is 36.8 Å². The van der Waals surface area contributed by atoms with Gasteiger partial charge in [-0.1, -0.05) is 6.08 Å². The van der Waals surface area contributed by atoms with Gasteiger partial charge in [0, 0.05) is 24.4 Å². The summed E-state index contributed by atoms with van der Waals surface area (Å²) in [6.07, 6.45) is 1.25. The van der Waals surface area contributed by atoms with Crippen LogP contribution in [0.3, 0.4) is 0 Å². The van der Waals surface area contributed by atoms with E-state index in [1.54, 1.807) is 6.08 Å². The van der Waals surface area contributed by atoms with Crippen LogP contribution in [0, 0.1) is 5.92 Å². The van der Waals surface area contributed by atoms with Gasteiger partial charge in [-0.2, -0.15) is 13.2 Å². The van der Waals surface area contributed by atoms with Crippen molar-refractivity contribution in [3.8, 4) is 0 Å². The molecule has 1 N–H and O–H groups in total. The summed E-state index contributed by atoms with van der Waals surface area (Å²) in [6.45, 7) is 0. The molecule has 1 atom stereocenters. The fourth-order valence-corrected chi connectivity index (χ4v) is 2.46. The summed E-state index contributed by atoms with van der Waals surface area (Å²) in [4.78, 5) is 14.4. The maximum atomic E-state index is 12.9. The molecule has 1 unspecified atom stereocenters. The lowest BCUT2D eigenvalue weighted by Gasteiger charge is -2.22. The molecule has 1 aliphatic carbocycles. The zero-order chi connectivity index (χ0) is 14.8. The first-order valence-electron chi connectivity index (χ1n) is 6.30. The summed E-state index contributed by atoms with van der Waals surface area (Å²) >= 11 is 0. The molecule has 20 heavy (non-hydrogen) atoms. The van der Waals surface area contributed by atoms with Crippen molar-refractivity contribution in [2.75, 3.05) is 0 Å². The summed E-state index contributed by atoms with van der Waals surface area (Å²) in [5.74, 6) is -0.869. The first kappa shape index (κ1) is 14.6. The lowest BCUT2D eigenvalue weighted by Crippen LogP contribution is -2.13. The van der Waals surface area contributed by atoms with Crippen LogP contribution in [-0.2, 0) is 11.0 Å². The molecule has 3 nitrogen and oxygen atoms in total. The molecule has 0 amide bonds. The van der Waals surface area contributed by atoms with Crippen molar-refractivity contribution in [2.24, 2.45) is 5.92 Å². The van der Waals surface area contributed by atoms with Gasteiger partial charge in [-0.15, -0.1) is 0 Å². The van der Waals surface area contributed by atoms with E-state index in [2.05, 4.69) is 4.98 Å². The number of hydrogen-bond donors (Lipinski definition) is 1. The Morgan fingerprint density at radius 1 is 1.45 bits per heavy atom. The number of pyridine rings is 1. The Morgan fingerprint density at radius 3 is 2.75 bits per heavy atom. The third-order valence-corrected chi connectivity index (χ3v) is 3.46. The molecule has 1 aliphatic rings. The summed E-state index contributed by atoms with van der Waals surface area (Å²) in [6, 6.07) is 0.972. The zero-order valence-electron chi connectivity index (χ0n) is 10.7. The Morgan fingerprint density at radius 2 is 2.20 bits per heavy atom. The molecule has 0 aromatic carbocycles. The molecule has 2 rings (SSSR count). The number of allylic oxidation sites excluding steroid dienone is 2. The highest BCUT2D eigenvalue weighted by molar-refractivity contribution is 5.70. The highest BCUT2D eigenvalue weighted by Crippen LogP contribution is 2.38. The van der Waals surface area contributed by atoms with E-state index in [9.17, 15) is 18.0 Å². The maximum Gasteiger partial charge on any atom is 0.417 e. The SMILES string of the molecule is O=C(O)CC1CC=C(c2cnccc2C(F)(F)F)CC1. The highest BCUT2D eigenvalue weighted by atomic mass is 19.4. The molecule has 0 saturated heterocycles. The molecule has 0 radical (unpaired) electrons. The van der Waals surface area contributed by atoms with Crippen LogP contribution in [0.2, 0.25) is 0 Å². The van der Waals surface area contributed by atoms with Gasteiger partial charge in [0.1, 0.15) is 0 Å². The second-order valence-electron chi connectivity index (χ2n) is 4.89. The van der Waals surface area contributed by atoms with Crippen molar-refractivity contribution in [3.63, 3.8) is 0 Å². The average molecular weight is 285 g/mol. The first-order valence-corrected chi connectivity index (χ1v) is 6.30. The monoisotopic (exact) mass is 285 g/mol. The van der Waals surface area contributed by atoms with E-state index < -0.39 is 17.7 Å². The van der Waals surface area contributed by atoms with E-state index >= 15 is 0 Å². The maximum absolute atomic E-state index is 12.9. The zero-order valence-corrected chi connectivity index (χ0v) is 10.7. The fourth-order valence-electron chi connectivity index (χ4n) is 2.46. The number of nitrogens with zero attached hydrogens (tertiary/aromatic N) is 1. The summed E-state index contributed by atoms with van der Waals surface area (Å²) in [5.41, 5.74) is 0.0243. The summed E-state index contributed by atoms with van der Waals surface area (Å²) < 4.78 is 38.8. The molecule has 6 heteroatoms. The van der Waals surface area contributed by atoms with Gasteiger partial charge in [0.25, 0.3) is 0 Å². The number of alkyl halides is 3. The third-order valence-electron chi connectivity index (χ3n) is 3.46. The van der Waals surface area contributed by atoms with Crippen LogP contribution in [-0.4, -0.2) is 16.1 Å². The third kappa shape index (κ3) is 3.37. The van der Waals surface area contributed by atoms with Crippen LogP contribution in [0.25, 0.3) is 5.57 Å². The van der Waals surface area contributed by atoms with Crippen molar-refractivity contribution < 1.29 is 23.1 Å². The number of rotatable bonds is 3. The van der Waals surface area contributed by atoms with E-state index in [0.29, 0.717) is 24.8 Å². The number of halogens is 3. The van der Waals surface area contributed by atoms with E-state index in [4.69, 9.17) is 5.11 Å². The van der Waals surface area contributed by atoms with Gasteiger partial charge in [0.15, 0.2) is 0 Å². The predicted molar refractivity (Wildman–Crippen MR) is 66.8 cm³/mol. The fraction of sp³-hybridized carbons (Fsp3) is 0.429. The van der Waals surface area contributed by atoms with Crippen molar-refractivity contribution in [1.82, 2.24) is 4.98 Å². The van der Waals surface area contributed by atoms with Crippen LogP contribution in [0.15, 0.2) is 24.5 Å². The molecule has 0 aliphatic heterocycles. The molecule has 1 aromatic rings. The lowest BCUT2D eigenvalue weighted by molar-refractivity contribution is -0.138. The molecule has 0 bridgehead atoms. The van der Waals surface area contributed by atoms with Crippen molar-refractivity contribution in [1.29, 1.82) is 0 Å². The highest BCUT2D eigenvalue weighted by Gasteiger charge is 2.34. The second-order valence-corrected chi connectivity index (χ2v) is 4.89. The molecule has 0 spiro atoms. The van der Waals surface area contributed by atoms with Crippen molar-refractivity contribution in [2.45, 2.75) is 31.9 Å². The molecular formula is C14H14F3NO2. The van der Waals surface area contributed by atoms with Gasteiger partial charge in [0.2, 0.25) is 0 Å². The van der Waals surface area contributed by atoms with E-state index in [0.717, 1.165) is 12.3 Å². The average Bonchev–Trinajstić information content (AvgIpc) is 2.38. The number of aliphatic carboxylic acids is 1. The second kappa shape index (κ2) is 5.64. The molecule has 1 aromatic heterocycles. The van der Waals surface area contributed by atoms with E-state index in [1.807, 2.05) is 0 Å². The van der Waals surface area contributed by atoms with Gasteiger partial charge < -0.3 is 5.11 Å². The molecular weight excluding hydrogens is 271 g/mol. The standard InChI is InChI=1S/C14H14F3NO2/c15-14(16,17)12-5-6-18-8-11(12)10-3-1-9(2-4-10)7-13(19)20/h3,5-6,8-9H,1-2,4,7H2,(H,19,20). The Kier molecular flexibility index (Phi) is 4.11. The number of carboxylic acids is 1.